The Morgan fingerprint density at radius 1 is 1.07 bits per heavy atom. The minimum atomic E-state index is -0.0666. The van der Waals surface area contributed by atoms with Crippen LogP contribution in [0.5, 0.6) is 11.5 Å². The van der Waals surface area contributed by atoms with E-state index in [0.717, 1.165) is 23.3 Å². The molecule has 0 N–H and O–H groups in total. The molecule has 0 aliphatic carbocycles. The van der Waals surface area contributed by atoms with E-state index in [4.69, 9.17) is 21.7 Å². The van der Waals surface area contributed by atoms with Gasteiger partial charge >= 0.3 is 0 Å². The first-order valence-electron chi connectivity index (χ1n) is 9.31. The molecule has 2 aromatic rings. The average Bonchev–Trinajstić information content (AvgIpc) is 2.96. The molecule has 1 saturated heterocycles. The molecule has 1 aliphatic rings. The van der Waals surface area contributed by atoms with Crippen molar-refractivity contribution in [2.75, 3.05) is 13.2 Å². The van der Waals surface area contributed by atoms with Gasteiger partial charge in [0.15, 0.2) is 11.5 Å². The highest BCUT2D eigenvalue weighted by Gasteiger charge is 2.32. The second-order valence-electron chi connectivity index (χ2n) is 6.24. The Labute approximate surface area is 175 Å². The number of nitrogens with zero attached hydrogens (tertiary/aromatic N) is 1. The molecular formula is C22H23NO3S2. The summed E-state index contributed by atoms with van der Waals surface area (Å²) in [6, 6.07) is 15.6. The molecule has 0 spiro atoms. The molecular weight excluding hydrogens is 390 g/mol. The first-order chi connectivity index (χ1) is 13.6. The summed E-state index contributed by atoms with van der Waals surface area (Å²) in [6.07, 6.45) is 2.79. The van der Waals surface area contributed by atoms with Crippen LogP contribution in [0.1, 0.15) is 31.4 Å². The maximum absolute atomic E-state index is 12.8. The monoisotopic (exact) mass is 413 g/mol. The second kappa shape index (κ2) is 9.75. The maximum atomic E-state index is 12.8. The molecule has 0 atom stereocenters. The molecule has 0 radical (unpaired) electrons. The number of rotatable bonds is 8. The standard InChI is InChI=1S/C22H23NO3S2/c1-3-12-26-18-11-10-17(13-19(18)25-4-2)14-20-21(24)23(22(27)28-20)15-16-8-6-5-7-9-16/h5-11,13-14H,3-4,12,15H2,1-2H3. The van der Waals surface area contributed by atoms with Crippen LogP contribution in [0.25, 0.3) is 6.08 Å². The van der Waals surface area contributed by atoms with Crippen molar-refractivity contribution in [2.24, 2.45) is 0 Å². The Kier molecular flexibility index (Phi) is 7.12. The van der Waals surface area contributed by atoms with E-state index < -0.39 is 0 Å². The van der Waals surface area contributed by atoms with Gasteiger partial charge in [-0.15, -0.1) is 0 Å². The van der Waals surface area contributed by atoms with Gasteiger partial charge in [-0.1, -0.05) is 67.3 Å². The van der Waals surface area contributed by atoms with Crippen molar-refractivity contribution in [3.8, 4) is 11.5 Å². The van der Waals surface area contributed by atoms with Crippen molar-refractivity contribution in [1.29, 1.82) is 0 Å². The Bertz CT molecular complexity index is 881. The molecule has 146 valence electrons. The number of ether oxygens (including phenoxy) is 2. The summed E-state index contributed by atoms with van der Waals surface area (Å²) in [4.78, 5) is 15.1. The predicted molar refractivity (Wildman–Crippen MR) is 119 cm³/mol. The average molecular weight is 414 g/mol. The summed E-state index contributed by atoms with van der Waals surface area (Å²) < 4.78 is 12.0. The molecule has 1 aliphatic heterocycles. The summed E-state index contributed by atoms with van der Waals surface area (Å²) in [5.41, 5.74) is 1.93. The lowest BCUT2D eigenvalue weighted by Crippen LogP contribution is -2.27. The number of thioether (sulfide) groups is 1. The number of benzene rings is 2. The lowest BCUT2D eigenvalue weighted by Gasteiger charge is -2.14. The van der Waals surface area contributed by atoms with Crippen molar-refractivity contribution in [3.05, 3.63) is 64.6 Å². The Morgan fingerprint density at radius 3 is 2.57 bits per heavy atom. The minimum Gasteiger partial charge on any atom is -0.490 e. The van der Waals surface area contributed by atoms with Gasteiger partial charge in [0.2, 0.25) is 0 Å². The highest BCUT2D eigenvalue weighted by Crippen LogP contribution is 2.35. The topological polar surface area (TPSA) is 38.8 Å². The molecule has 1 fully saturated rings. The van der Waals surface area contributed by atoms with E-state index in [1.165, 1.54) is 11.8 Å². The molecule has 0 bridgehead atoms. The zero-order valence-corrected chi connectivity index (χ0v) is 17.6. The summed E-state index contributed by atoms with van der Waals surface area (Å²) >= 11 is 6.76. The Hall–Kier alpha value is -2.31. The normalized spacial score (nSPS) is 15.4. The summed E-state index contributed by atoms with van der Waals surface area (Å²) in [6.45, 7) is 5.66. The second-order valence-corrected chi connectivity index (χ2v) is 7.92. The molecule has 28 heavy (non-hydrogen) atoms. The minimum absolute atomic E-state index is 0.0666. The fraction of sp³-hybridized carbons (Fsp3) is 0.273. The van der Waals surface area contributed by atoms with Crippen LogP contribution in [0.3, 0.4) is 0 Å². The van der Waals surface area contributed by atoms with Crippen LogP contribution in [0.2, 0.25) is 0 Å². The molecule has 4 nitrogen and oxygen atoms in total. The van der Waals surface area contributed by atoms with Crippen LogP contribution in [0.4, 0.5) is 0 Å². The summed E-state index contributed by atoms with van der Waals surface area (Å²) in [7, 11) is 0. The first kappa shape index (κ1) is 20.4. The third-order valence-corrected chi connectivity index (χ3v) is 5.46. The largest absolute Gasteiger partial charge is 0.490 e. The third kappa shape index (κ3) is 4.94. The van der Waals surface area contributed by atoms with Gasteiger partial charge in [-0.05, 0) is 42.7 Å². The fourth-order valence-electron chi connectivity index (χ4n) is 2.77. The number of carbonyl (C=O) groups is 1. The molecule has 0 unspecified atom stereocenters. The van der Waals surface area contributed by atoms with Crippen molar-refractivity contribution in [2.45, 2.75) is 26.8 Å². The van der Waals surface area contributed by atoms with Crippen LogP contribution < -0.4 is 9.47 Å². The van der Waals surface area contributed by atoms with E-state index in [9.17, 15) is 4.79 Å². The Morgan fingerprint density at radius 2 is 1.86 bits per heavy atom. The van der Waals surface area contributed by atoms with E-state index in [0.29, 0.717) is 34.7 Å². The third-order valence-electron chi connectivity index (χ3n) is 4.08. The molecule has 6 heteroatoms. The van der Waals surface area contributed by atoms with Gasteiger partial charge in [0, 0.05) is 0 Å². The molecule has 3 rings (SSSR count). The fourth-order valence-corrected chi connectivity index (χ4v) is 4.02. The van der Waals surface area contributed by atoms with Crippen molar-refractivity contribution < 1.29 is 14.3 Å². The quantitative estimate of drug-likeness (QED) is 0.435. The SMILES string of the molecule is CCCOc1ccc(C=C2SC(=S)N(Cc3ccccc3)C2=O)cc1OCC. The van der Waals surface area contributed by atoms with Gasteiger partial charge in [-0.25, -0.2) is 0 Å². The van der Waals surface area contributed by atoms with Crippen molar-refractivity contribution in [1.82, 2.24) is 4.90 Å². The van der Waals surface area contributed by atoms with Crippen LogP contribution >= 0.6 is 24.0 Å². The van der Waals surface area contributed by atoms with E-state index in [1.807, 2.05) is 61.5 Å². The smallest absolute Gasteiger partial charge is 0.266 e. The first-order valence-corrected chi connectivity index (χ1v) is 10.5. The predicted octanol–water partition coefficient (Wildman–Crippen LogP) is 5.28. The Balaban J connectivity index is 1.80. The molecule has 1 heterocycles. The highest BCUT2D eigenvalue weighted by molar-refractivity contribution is 8.26. The maximum Gasteiger partial charge on any atom is 0.266 e. The number of hydrogen-bond acceptors (Lipinski definition) is 5. The molecule has 0 saturated carbocycles. The number of amides is 1. The number of thiocarbonyl (C=S) groups is 1. The zero-order chi connectivity index (χ0) is 19.9. The summed E-state index contributed by atoms with van der Waals surface area (Å²) in [5.74, 6) is 1.34. The lowest BCUT2D eigenvalue weighted by molar-refractivity contribution is -0.122. The van der Waals surface area contributed by atoms with Crippen molar-refractivity contribution >= 4 is 40.3 Å². The van der Waals surface area contributed by atoms with Crippen LogP contribution in [0, 0.1) is 0 Å². The lowest BCUT2D eigenvalue weighted by atomic mass is 10.1. The molecule has 1 amide bonds. The van der Waals surface area contributed by atoms with Crippen molar-refractivity contribution in [3.63, 3.8) is 0 Å². The van der Waals surface area contributed by atoms with Crippen LogP contribution in [0.15, 0.2) is 53.4 Å². The van der Waals surface area contributed by atoms with Crippen LogP contribution in [-0.4, -0.2) is 28.3 Å². The van der Waals surface area contributed by atoms with Gasteiger partial charge in [0.25, 0.3) is 5.91 Å². The van der Waals surface area contributed by atoms with E-state index in [-0.39, 0.29) is 5.91 Å². The van der Waals surface area contributed by atoms with Crippen LogP contribution in [-0.2, 0) is 11.3 Å². The zero-order valence-electron chi connectivity index (χ0n) is 16.0. The van der Waals surface area contributed by atoms with Gasteiger partial charge < -0.3 is 9.47 Å². The van der Waals surface area contributed by atoms with E-state index in [2.05, 4.69) is 6.92 Å². The highest BCUT2D eigenvalue weighted by atomic mass is 32.2. The van der Waals surface area contributed by atoms with Gasteiger partial charge in [0.1, 0.15) is 4.32 Å². The van der Waals surface area contributed by atoms with E-state index >= 15 is 0 Å². The van der Waals surface area contributed by atoms with E-state index in [1.54, 1.807) is 4.90 Å². The molecule has 0 aromatic heterocycles. The number of carbonyl (C=O) groups excluding carboxylic acids is 1. The summed E-state index contributed by atoms with van der Waals surface area (Å²) in [5, 5.41) is 0. The van der Waals surface area contributed by atoms with Gasteiger partial charge in [-0.2, -0.15) is 0 Å². The molecule has 2 aromatic carbocycles. The van der Waals surface area contributed by atoms with Gasteiger partial charge in [0.05, 0.1) is 24.7 Å². The van der Waals surface area contributed by atoms with Gasteiger partial charge in [-0.3, -0.25) is 9.69 Å². The number of hydrogen-bond donors (Lipinski definition) is 0.